The highest BCUT2D eigenvalue weighted by Gasteiger charge is 2.10. The molecule has 0 unspecified atom stereocenters. The molecule has 0 aromatic rings. The van der Waals surface area contributed by atoms with E-state index in [4.69, 9.17) is 9.05 Å². The lowest BCUT2D eigenvalue weighted by molar-refractivity contribution is 0.239. The second kappa shape index (κ2) is 24.4. The molecule has 0 atom stereocenters. The van der Waals surface area contributed by atoms with Crippen molar-refractivity contribution in [2.75, 3.05) is 19.4 Å². The van der Waals surface area contributed by atoms with Crippen molar-refractivity contribution in [3.63, 3.8) is 0 Å². The predicted octanol–water partition coefficient (Wildman–Crippen LogP) is 9.41. The lowest BCUT2D eigenvalue weighted by Gasteiger charge is -2.18. The van der Waals surface area contributed by atoms with E-state index >= 15 is 0 Å². The van der Waals surface area contributed by atoms with Gasteiger partial charge in [0.1, 0.15) is 0 Å². The molecule has 0 aliphatic heterocycles. The molecular weight excluding hydrogens is 351 g/mol. The summed E-state index contributed by atoms with van der Waals surface area (Å²) in [7, 11) is -0.640. The maximum absolute atomic E-state index is 6.16. The van der Waals surface area contributed by atoms with Crippen LogP contribution in [0.4, 0.5) is 0 Å². The molecule has 0 aliphatic rings. The van der Waals surface area contributed by atoms with Crippen molar-refractivity contribution in [3.05, 3.63) is 0 Å². The molecule has 0 amide bonds. The Kier molecular flexibility index (Phi) is 24.7. The molecule has 0 N–H and O–H groups in total. The quantitative estimate of drug-likeness (QED) is 0.125. The Balaban J connectivity index is 3.78. The minimum atomic E-state index is -0.640. The second-order valence-electron chi connectivity index (χ2n) is 8.03. The van der Waals surface area contributed by atoms with Crippen LogP contribution in [0.5, 0.6) is 0 Å². The van der Waals surface area contributed by atoms with Crippen LogP contribution in [0.1, 0.15) is 136 Å². The van der Waals surface area contributed by atoms with Crippen molar-refractivity contribution in [1.29, 1.82) is 0 Å². The molecule has 0 aromatic heterocycles. The van der Waals surface area contributed by atoms with Crippen LogP contribution in [-0.2, 0) is 9.05 Å². The highest BCUT2D eigenvalue weighted by Crippen LogP contribution is 2.40. The van der Waals surface area contributed by atoms with Gasteiger partial charge in [-0.15, -0.1) is 0 Å². The molecule has 2 nitrogen and oxygen atoms in total. The van der Waals surface area contributed by atoms with Crippen LogP contribution >= 0.6 is 8.38 Å². The summed E-state index contributed by atoms with van der Waals surface area (Å²) in [5.41, 5.74) is 0. The van der Waals surface area contributed by atoms with E-state index in [1.807, 2.05) is 0 Å². The first-order valence-electron chi connectivity index (χ1n) is 12.4. The van der Waals surface area contributed by atoms with E-state index in [-0.39, 0.29) is 0 Å². The van der Waals surface area contributed by atoms with Gasteiger partial charge in [-0.2, -0.15) is 0 Å². The van der Waals surface area contributed by atoms with Crippen LogP contribution in [0.25, 0.3) is 0 Å². The molecular formula is C24H51O2P. The molecule has 0 rings (SSSR count). The van der Waals surface area contributed by atoms with E-state index < -0.39 is 8.38 Å². The van der Waals surface area contributed by atoms with E-state index in [0.717, 1.165) is 19.4 Å². The average molecular weight is 403 g/mol. The summed E-state index contributed by atoms with van der Waals surface area (Å²) in [4.78, 5) is 0. The fourth-order valence-corrected chi connectivity index (χ4v) is 4.77. The third-order valence-corrected chi connectivity index (χ3v) is 6.78. The molecule has 0 aromatic carbocycles. The highest BCUT2D eigenvalue weighted by atomic mass is 31.2. The monoisotopic (exact) mass is 402 g/mol. The summed E-state index contributed by atoms with van der Waals surface area (Å²) in [6.45, 7) is 8.65. The minimum Gasteiger partial charge on any atom is -0.334 e. The SMILES string of the molecule is CCCCCCCCOP(CCCCCCCC)OCCCCCCCC. The van der Waals surface area contributed by atoms with Gasteiger partial charge in [-0.3, -0.25) is 0 Å². The summed E-state index contributed by atoms with van der Waals surface area (Å²) in [5, 5.41) is 0. The van der Waals surface area contributed by atoms with Crippen LogP contribution < -0.4 is 0 Å². The zero-order valence-electron chi connectivity index (χ0n) is 19.1. The summed E-state index contributed by atoms with van der Waals surface area (Å²) < 4.78 is 12.3. The molecule has 0 saturated heterocycles. The van der Waals surface area contributed by atoms with E-state index in [1.54, 1.807) is 0 Å². The third kappa shape index (κ3) is 22.5. The van der Waals surface area contributed by atoms with Gasteiger partial charge >= 0.3 is 0 Å². The Morgan fingerprint density at radius 1 is 0.407 bits per heavy atom. The Morgan fingerprint density at radius 2 is 0.741 bits per heavy atom. The number of hydrogen-bond donors (Lipinski definition) is 0. The van der Waals surface area contributed by atoms with Crippen molar-refractivity contribution in [2.24, 2.45) is 0 Å². The van der Waals surface area contributed by atoms with Crippen LogP contribution in [-0.4, -0.2) is 19.4 Å². The van der Waals surface area contributed by atoms with Gasteiger partial charge in [-0.25, -0.2) is 0 Å². The normalized spacial score (nSPS) is 11.6. The largest absolute Gasteiger partial charge is 0.334 e. The number of rotatable bonds is 23. The fourth-order valence-electron chi connectivity index (χ4n) is 3.29. The second-order valence-corrected chi connectivity index (χ2v) is 9.66. The van der Waals surface area contributed by atoms with E-state index in [2.05, 4.69) is 20.8 Å². The maximum Gasteiger partial charge on any atom is 0.170 e. The van der Waals surface area contributed by atoms with Gasteiger partial charge in [0.15, 0.2) is 8.38 Å². The molecule has 0 bridgehead atoms. The zero-order chi connectivity index (χ0) is 19.8. The van der Waals surface area contributed by atoms with Gasteiger partial charge in [-0.05, 0) is 19.3 Å². The Labute approximate surface area is 173 Å². The first-order chi connectivity index (χ1) is 13.3. The Morgan fingerprint density at radius 3 is 1.15 bits per heavy atom. The van der Waals surface area contributed by atoms with Crippen LogP contribution in [0, 0.1) is 0 Å². The molecule has 0 spiro atoms. The van der Waals surface area contributed by atoms with Gasteiger partial charge in [0.05, 0.1) is 13.2 Å². The van der Waals surface area contributed by atoms with Crippen molar-refractivity contribution in [1.82, 2.24) is 0 Å². The number of unbranched alkanes of at least 4 members (excludes halogenated alkanes) is 15. The van der Waals surface area contributed by atoms with Crippen molar-refractivity contribution in [2.45, 2.75) is 136 Å². The van der Waals surface area contributed by atoms with E-state index in [0.29, 0.717) is 0 Å². The summed E-state index contributed by atoms with van der Waals surface area (Å²) in [6.07, 6.45) is 25.2. The zero-order valence-corrected chi connectivity index (χ0v) is 20.0. The molecule has 0 saturated carbocycles. The van der Waals surface area contributed by atoms with Crippen LogP contribution in [0.15, 0.2) is 0 Å². The molecule has 0 aliphatic carbocycles. The Bertz CT molecular complexity index is 243. The Hall–Kier alpha value is 0.350. The first kappa shape index (κ1) is 27.4. The highest BCUT2D eigenvalue weighted by molar-refractivity contribution is 7.47. The lowest BCUT2D eigenvalue weighted by atomic mass is 10.1. The molecule has 0 heterocycles. The molecule has 3 heteroatoms. The average Bonchev–Trinajstić information content (AvgIpc) is 2.68. The fraction of sp³-hybridized carbons (Fsp3) is 1.00. The summed E-state index contributed by atoms with van der Waals surface area (Å²) >= 11 is 0. The topological polar surface area (TPSA) is 18.5 Å². The maximum atomic E-state index is 6.16. The van der Waals surface area contributed by atoms with Crippen molar-refractivity contribution < 1.29 is 9.05 Å². The first-order valence-corrected chi connectivity index (χ1v) is 13.7. The smallest absolute Gasteiger partial charge is 0.170 e. The molecule has 164 valence electrons. The van der Waals surface area contributed by atoms with Gasteiger partial charge in [0.25, 0.3) is 0 Å². The molecule has 0 radical (unpaired) electrons. The van der Waals surface area contributed by atoms with E-state index in [9.17, 15) is 0 Å². The van der Waals surface area contributed by atoms with E-state index in [1.165, 1.54) is 116 Å². The molecule has 0 fully saturated rings. The van der Waals surface area contributed by atoms with Gasteiger partial charge < -0.3 is 9.05 Å². The van der Waals surface area contributed by atoms with Crippen LogP contribution in [0.2, 0.25) is 0 Å². The van der Waals surface area contributed by atoms with Crippen molar-refractivity contribution >= 4 is 8.38 Å². The summed E-state index contributed by atoms with van der Waals surface area (Å²) in [5.74, 6) is 0. The van der Waals surface area contributed by atoms with Gasteiger partial charge in [0.2, 0.25) is 0 Å². The summed E-state index contributed by atoms with van der Waals surface area (Å²) in [6, 6.07) is 0. The third-order valence-electron chi connectivity index (χ3n) is 5.16. The standard InChI is InChI=1S/C24H51O2P/c1-4-7-10-13-16-19-22-25-27(24-21-18-15-12-9-6-3)26-23-20-17-14-11-8-5-2/h4-24H2,1-3H3. The number of hydrogen-bond acceptors (Lipinski definition) is 2. The molecule has 27 heavy (non-hydrogen) atoms. The minimum absolute atomic E-state index is 0.640. The van der Waals surface area contributed by atoms with Gasteiger partial charge in [-0.1, -0.05) is 117 Å². The van der Waals surface area contributed by atoms with Crippen LogP contribution in [0.3, 0.4) is 0 Å². The lowest BCUT2D eigenvalue weighted by Crippen LogP contribution is -2.00. The van der Waals surface area contributed by atoms with Crippen molar-refractivity contribution in [3.8, 4) is 0 Å². The van der Waals surface area contributed by atoms with Gasteiger partial charge in [0, 0.05) is 6.16 Å². The predicted molar refractivity (Wildman–Crippen MR) is 124 cm³/mol.